The average molecular weight is 522 g/mol. The van der Waals surface area contributed by atoms with Crippen molar-refractivity contribution in [2.75, 3.05) is 13.2 Å². The Bertz CT molecular complexity index is 1040. The lowest BCUT2D eigenvalue weighted by atomic mass is 9.74. The van der Waals surface area contributed by atoms with Crippen LogP contribution < -0.4 is 0 Å². The second kappa shape index (κ2) is 12.3. The Balaban J connectivity index is 1.93. The number of carbonyl (C=O) groups excluding carboxylic acids is 2. The van der Waals surface area contributed by atoms with Gasteiger partial charge >= 0.3 is 5.97 Å². The molecule has 6 nitrogen and oxygen atoms in total. The molecular formula is C27H33Cl2NO5. The van der Waals surface area contributed by atoms with Crippen molar-refractivity contribution < 1.29 is 23.8 Å². The fraction of sp³-hybridized carbons (Fsp3) is 0.519. The molecule has 4 unspecified atom stereocenters. The maximum atomic E-state index is 13.7. The zero-order valence-corrected chi connectivity index (χ0v) is 22.2. The quantitative estimate of drug-likeness (QED) is 0.275. The van der Waals surface area contributed by atoms with Gasteiger partial charge in [-0.3, -0.25) is 9.79 Å². The molecule has 8 heteroatoms. The van der Waals surface area contributed by atoms with Crippen LogP contribution >= 0.6 is 23.2 Å². The largest absolute Gasteiger partial charge is 0.456 e. The van der Waals surface area contributed by atoms with Crippen LogP contribution in [0.2, 0.25) is 10.0 Å². The standard InChI is InChI=1S/C27H33Cl2NO5/c1-15(2)13-19(14-34-22-11-6-7-12-33-22)35-27(32)24-17(4)30-16(3)23(18(5)31)25(24)20-9-8-10-21(28)26(20)29/h8-10,19,22-23,25H,1,6-7,11-14H2,2-5H3. The molecule has 35 heavy (non-hydrogen) atoms. The molecule has 1 saturated heterocycles. The van der Waals surface area contributed by atoms with Gasteiger partial charge in [0.25, 0.3) is 0 Å². The number of benzene rings is 1. The van der Waals surface area contributed by atoms with Crippen LogP contribution in [0.25, 0.3) is 0 Å². The molecule has 0 N–H and O–H groups in total. The Kier molecular flexibility index (Phi) is 9.70. The minimum Gasteiger partial charge on any atom is -0.456 e. The van der Waals surface area contributed by atoms with Crippen LogP contribution in [0.15, 0.2) is 46.6 Å². The first kappa shape index (κ1) is 27.6. The van der Waals surface area contributed by atoms with Crippen molar-refractivity contribution >= 4 is 40.7 Å². The Morgan fingerprint density at radius 2 is 1.97 bits per heavy atom. The van der Waals surface area contributed by atoms with Crippen LogP contribution in [0.5, 0.6) is 0 Å². The molecule has 1 aromatic carbocycles. The molecule has 0 amide bonds. The molecular weight excluding hydrogens is 489 g/mol. The third kappa shape index (κ3) is 6.82. The minimum atomic E-state index is -0.670. The van der Waals surface area contributed by atoms with Crippen molar-refractivity contribution in [1.29, 1.82) is 0 Å². The van der Waals surface area contributed by atoms with Crippen LogP contribution in [0, 0.1) is 5.92 Å². The fourth-order valence-corrected chi connectivity index (χ4v) is 5.15. The van der Waals surface area contributed by atoms with E-state index in [0.29, 0.717) is 45.6 Å². The lowest BCUT2D eigenvalue weighted by Crippen LogP contribution is -2.36. The first-order valence-corrected chi connectivity index (χ1v) is 12.6. The van der Waals surface area contributed by atoms with E-state index in [9.17, 15) is 9.59 Å². The second-order valence-corrected chi connectivity index (χ2v) is 10.1. The van der Waals surface area contributed by atoms with E-state index in [1.807, 2.05) is 6.92 Å². The Morgan fingerprint density at radius 1 is 1.23 bits per heavy atom. The van der Waals surface area contributed by atoms with Gasteiger partial charge in [-0.05, 0) is 58.6 Å². The molecule has 1 aromatic rings. The summed E-state index contributed by atoms with van der Waals surface area (Å²) >= 11 is 12.9. The summed E-state index contributed by atoms with van der Waals surface area (Å²) in [7, 11) is 0. The molecule has 0 radical (unpaired) electrons. The van der Waals surface area contributed by atoms with Gasteiger partial charge in [-0.15, -0.1) is 6.58 Å². The van der Waals surface area contributed by atoms with Crippen LogP contribution in [0.3, 0.4) is 0 Å². The average Bonchev–Trinajstić information content (AvgIpc) is 2.78. The first-order chi connectivity index (χ1) is 16.6. The normalized spacial score (nSPS) is 23.5. The highest BCUT2D eigenvalue weighted by atomic mass is 35.5. The number of hydrogen-bond donors (Lipinski definition) is 0. The van der Waals surface area contributed by atoms with Gasteiger partial charge in [0.1, 0.15) is 11.9 Å². The van der Waals surface area contributed by atoms with E-state index in [1.165, 1.54) is 6.92 Å². The highest BCUT2D eigenvalue weighted by Gasteiger charge is 2.41. The maximum absolute atomic E-state index is 13.7. The third-order valence-electron chi connectivity index (χ3n) is 6.26. The lowest BCUT2D eigenvalue weighted by molar-refractivity contribution is -0.183. The van der Waals surface area contributed by atoms with E-state index in [4.69, 9.17) is 37.4 Å². The van der Waals surface area contributed by atoms with Gasteiger partial charge in [0, 0.05) is 30.4 Å². The topological polar surface area (TPSA) is 74.2 Å². The highest BCUT2D eigenvalue weighted by molar-refractivity contribution is 6.42. The summed E-state index contributed by atoms with van der Waals surface area (Å²) in [6, 6.07) is 5.20. The second-order valence-electron chi connectivity index (χ2n) is 9.28. The molecule has 2 heterocycles. The van der Waals surface area contributed by atoms with Gasteiger partial charge in [-0.1, -0.05) is 40.9 Å². The number of ketones is 1. The molecule has 2 aliphatic heterocycles. The Labute approximate surface area is 217 Å². The monoisotopic (exact) mass is 521 g/mol. The summed E-state index contributed by atoms with van der Waals surface area (Å²) in [6.45, 7) is 11.7. The molecule has 3 rings (SSSR count). The van der Waals surface area contributed by atoms with Gasteiger partial charge in [0.2, 0.25) is 0 Å². The maximum Gasteiger partial charge on any atom is 0.336 e. The van der Waals surface area contributed by atoms with E-state index in [2.05, 4.69) is 11.6 Å². The predicted octanol–water partition coefficient (Wildman–Crippen LogP) is 6.45. The summed E-state index contributed by atoms with van der Waals surface area (Å²) < 4.78 is 17.5. The van der Waals surface area contributed by atoms with Crippen molar-refractivity contribution in [2.24, 2.45) is 10.9 Å². The Hall–Kier alpha value is -1.99. The van der Waals surface area contributed by atoms with Gasteiger partial charge in [0.05, 0.1) is 28.1 Å². The number of ether oxygens (including phenoxy) is 3. The molecule has 4 atom stereocenters. The van der Waals surface area contributed by atoms with Gasteiger partial charge < -0.3 is 14.2 Å². The van der Waals surface area contributed by atoms with E-state index in [-0.39, 0.29) is 18.7 Å². The summed E-state index contributed by atoms with van der Waals surface area (Å²) in [5.74, 6) is -2.02. The van der Waals surface area contributed by atoms with Crippen molar-refractivity contribution in [3.63, 3.8) is 0 Å². The van der Waals surface area contributed by atoms with Crippen molar-refractivity contribution in [3.8, 4) is 0 Å². The van der Waals surface area contributed by atoms with Crippen LogP contribution in [0.4, 0.5) is 0 Å². The highest BCUT2D eigenvalue weighted by Crippen LogP contribution is 2.44. The molecule has 0 bridgehead atoms. The molecule has 2 aliphatic rings. The summed E-state index contributed by atoms with van der Waals surface area (Å²) in [5, 5.41) is 0.646. The van der Waals surface area contributed by atoms with E-state index >= 15 is 0 Å². The van der Waals surface area contributed by atoms with Crippen molar-refractivity contribution in [3.05, 3.63) is 57.2 Å². The van der Waals surface area contributed by atoms with Crippen molar-refractivity contribution in [2.45, 2.75) is 71.7 Å². The molecule has 0 spiro atoms. The van der Waals surface area contributed by atoms with E-state index < -0.39 is 23.9 Å². The molecule has 0 saturated carbocycles. The number of Topliss-reactive ketones (excluding diaryl/α,β-unsaturated/α-hetero) is 1. The van der Waals surface area contributed by atoms with Crippen LogP contribution in [-0.2, 0) is 23.8 Å². The van der Waals surface area contributed by atoms with E-state index in [1.54, 1.807) is 32.0 Å². The number of hydrogen-bond acceptors (Lipinski definition) is 6. The Morgan fingerprint density at radius 3 is 2.60 bits per heavy atom. The summed E-state index contributed by atoms with van der Waals surface area (Å²) in [5.41, 5.74) is 2.83. The van der Waals surface area contributed by atoms with Gasteiger partial charge in [-0.2, -0.15) is 0 Å². The minimum absolute atomic E-state index is 0.124. The SMILES string of the molecule is C=C(C)CC(COC1CCCCO1)OC(=O)C1=C(C)N=C(C)C(C(C)=O)C1c1cccc(Cl)c1Cl. The number of rotatable bonds is 9. The summed E-state index contributed by atoms with van der Waals surface area (Å²) in [4.78, 5) is 30.9. The van der Waals surface area contributed by atoms with E-state index in [0.717, 1.165) is 24.8 Å². The van der Waals surface area contributed by atoms with Crippen molar-refractivity contribution in [1.82, 2.24) is 0 Å². The summed E-state index contributed by atoms with van der Waals surface area (Å²) in [6.07, 6.45) is 2.42. The number of allylic oxidation sites excluding steroid dienone is 1. The number of carbonyl (C=O) groups is 2. The zero-order chi connectivity index (χ0) is 25.7. The van der Waals surface area contributed by atoms with Gasteiger partial charge in [-0.25, -0.2) is 4.79 Å². The molecule has 0 aromatic heterocycles. The number of esters is 1. The first-order valence-electron chi connectivity index (χ1n) is 11.9. The zero-order valence-electron chi connectivity index (χ0n) is 20.7. The number of halogens is 2. The molecule has 190 valence electrons. The smallest absolute Gasteiger partial charge is 0.336 e. The number of aliphatic imine (C=N–C) groups is 1. The molecule has 1 fully saturated rings. The predicted molar refractivity (Wildman–Crippen MR) is 138 cm³/mol. The van der Waals surface area contributed by atoms with Crippen LogP contribution in [-0.4, -0.2) is 43.1 Å². The fourth-order valence-electron chi connectivity index (χ4n) is 4.72. The lowest BCUT2D eigenvalue weighted by Gasteiger charge is -2.33. The van der Waals surface area contributed by atoms with Gasteiger partial charge in [0.15, 0.2) is 6.29 Å². The number of nitrogens with zero attached hydrogens (tertiary/aromatic N) is 1. The third-order valence-corrected chi connectivity index (χ3v) is 7.09. The molecule has 0 aliphatic carbocycles. The van der Waals surface area contributed by atoms with Crippen LogP contribution in [0.1, 0.15) is 64.9 Å².